The van der Waals surface area contributed by atoms with E-state index in [1.807, 2.05) is 0 Å². The number of carbonyl (C=O) groups is 1. The number of hydrogen-bond donors (Lipinski definition) is 3. The molecule has 0 bridgehead atoms. The maximum absolute atomic E-state index is 13.7. The van der Waals surface area contributed by atoms with Crippen LogP contribution < -0.4 is 16.4 Å². The molecule has 1 saturated carbocycles. The highest BCUT2D eigenvalue weighted by Gasteiger charge is 2.33. The Hall–Kier alpha value is -2.22. The Morgan fingerprint density at radius 2 is 1.82 bits per heavy atom. The second kappa shape index (κ2) is 8.86. The summed E-state index contributed by atoms with van der Waals surface area (Å²) in [6, 6.07) is 10.1. The Morgan fingerprint density at radius 1 is 1.18 bits per heavy atom. The summed E-state index contributed by atoms with van der Waals surface area (Å²) in [5, 5.41) is 6.00. The largest absolute Gasteiger partial charge is 0.373 e. The smallest absolute Gasteiger partial charge is 0.320 e. The fourth-order valence-electron chi connectivity index (χ4n) is 3.22. The van der Waals surface area contributed by atoms with Crippen LogP contribution in [-0.4, -0.2) is 17.8 Å². The lowest BCUT2D eigenvalue weighted by atomic mass is 9.87. The molecule has 8 heteroatoms. The van der Waals surface area contributed by atoms with Gasteiger partial charge in [-0.1, -0.05) is 23.7 Å². The van der Waals surface area contributed by atoms with Gasteiger partial charge in [0.15, 0.2) is 0 Å². The average Bonchev–Trinajstić information content (AvgIpc) is 2.62. The third-order valence-electron chi connectivity index (χ3n) is 4.79. The third-order valence-corrected chi connectivity index (χ3v) is 5.03. The highest BCUT2D eigenvalue weighted by Crippen LogP contribution is 2.28. The van der Waals surface area contributed by atoms with E-state index in [1.165, 1.54) is 18.2 Å². The minimum Gasteiger partial charge on any atom is -0.373 e. The van der Waals surface area contributed by atoms with Crippen LogP contribution in [0.4, 0.5) is 19.3 Å². The molecule has 28 heavy (non-hydrogen) atoms. The van der Waals surface area contributed by atoms with Gasteiger partial charge in [-0.3, -0.25) is 0 Å². The van der Waals surface area contributed by atoms with E-state index in [1.54, 1.807) is 24.3 Å². The van der Waals surface area contributed by atoms with Crippen molar-refractivity contribution in [3.63, 3.8) is 0 Å². The van der Waals surface area contributed by atoms with E-state index < -0.39 is 23.3 Å². The number of amides is 2. The molecule has 0 radical (unpaired) electrons. The third kappa shape index (κ3) is 5.41. The summed E-state index contributed by atoms with van der Waals surface area (Å²) >= 11 is 5.90. The van der Waals surface area contributed by atoms with Crippen LogP contribution in [0.2, 0.25) is 5.02 Å². The maximum atomic E-state index is 13.7. The molecule has 1 aliphatic carbocycles. The summed E-state index contributed by atoms with van der Waals surface area (Å²) in [5.74, 6) is -1.24. The van der Waals surface area contributed by atoms with Crippen molar-refractivity contribution in [2.45, 2.75) is 44.1 Å². The summed E-state index contributed by atoms with van der Waals surface area (Å²) in [4.78, 5) is 12.2. The molecule has 1 aliphatic rings. The Kier molecular flexibility index (Phi) is 6.49. The van der Waals surface area contributed by atoms with Crippen LogP contribution in [0, 0.1) is 11.6 Å². The fraction of sp³-hybridized carbons (Fsp3) is 0.350. The van der Waals surface area contributed by atoms with E-state index >= 15 is 0 Å². The molecule has 3 rings (SSSR count). The molecule has 0 heterocycles. The van der Waals surface area contributed by atoms with E-state index in [9.17, 15) is 13.6 Å². The molecule has 4 N–H and O–H groups in total. The lowest BCUT2D eigenvalue weighted by Crippen LogP contribution is -2.59. The summed E-state index contributed by atoms with van der Waals surface area (Å²) < 4.78 is 33.0. The molecule has 2 aromatic rings. The van der Waals surface area contributed by atoms with E-state index in [2.05, 4.69) is 10.6 Å². The van der Waals surface area contributed by atoms with E-state index in [-0.39, 0.29) is 18.3 Å². The predicted molar refractivity (Wildman–Crippen MR) is 104 cm³/mol. The molecule has 0 unspecified atom stereocenters. The predicted octanol–water partition coefficient (Wildman–Crippen LogP) is 4.55. The monoisotopic (exact) mass is 409 g/mol. The number of anilines is 1. The SMILES string of the molecule is NC1(NC(=O)Nc2cccc(Cl)c2)CCC(OCc2c(F)cccc2F)CC1. The van der Waals surface area contributed by atoms with Crippen molar-refractivity contribution in [2.24, 2.45) is 5.73 Å². The van der Waals surface area contributed by atoms with Gasteiger partial charge in [0.05, 0.1) is 18.4 Å². The molecule has 0 atom stereocenters. The number of nitrogens with two attached hydrogens (primary N) is 1. The zero-order valence-corrected chi connectivity index (χ0v) is 15.9. The van der Waals surface area contributed by atoms with Crippen molar-refractivity contribution in [3.05, 3.63) is 64.7 Å². The molecule has 0 aromatic heterocycles. The van der Waals surface area contributed by atoms with E-state index in [0.717, 1.165) is 0 Å². The zero-order valence-electron chi connectivity index (χ0n) is 15.2. The summed E-state index contributed by atoms with van der Waals surface area (Å²) in [7, 11) is 0. The van der Waals surface area contributed by atoms with Crippen molar-refractivity contribution in [1.82, 2.24) is 5.32 Å². The summed E-state index contributed by atoms with van der Waals surface area (Å²) in [5.41, 5.74) is 5.91. The number of ether oxygens (including phenoxy) is 1. The van der Waals surface area contributed by atoms with Crippen LogP contribution in [-0.2, 0) is 11.3 Å². The fourth-order valence-corrected chi connectivity index (χ4v) is 3.41. The number of carbonyl (C=O) groups excluding carboxylic acids is 1. The molecular weight excluding hydrogens is 388 g/mol. The van der Waals surface area contributed by atoms with Gasteiger partial charge in [-0.15, -0.1) is 0 Å². The lowest BCUT2D eigenvalue weighted by molar-refractivity contribution is -0.00217. The van der Waals surface area contributed by atoms with Gasteiger partial charge in [-0.2, -0.15) is 0 Å². The van der Waals surface area contributed by atoms with Crippen molar-refractivity contribution in [1.29, 1.82) is 0 Å². The first-order valence-corrected chi connectivity index (χ1v) is 9.40. The molecule has 0 aliphatic heterocycles. The molecule has 0 spiro atoms. The van der Waals surface area contributed by atoms with Crippen molar-refractivity contribution < 1.29 is 18.3 Å². The second-order valence-electron chi connectivity index (χ2n) is 6.96. The van der Waals surface area contributed by atoms with Crippen LogP contribution in [0.25, 0.3) is 0 Å². The van der Waals surface area contributed by atoms with Crippen LogP contribution in [0.15, 0.2) is 42.5 Å². The topological polar surface area (TPSA) is 76.4 Å². The van der Waals surface area contributed by atoms with Crippen LogP contribution >= 0.6 is 11.6 Å². The van der Waals surface area contributed by atoms with Gasteiger partial charge in [0.1, 0.15) is 11.6 Å². The quantitative estimate of drug-likeness (QED) is 0.634. The van der Waals surface area contributed by atoms with Crippen LogP contribution in [0.3, 0.4) is 0 Å². The standard InChI is InChI=1S/C20H22ClF2N3O2/c21-13-3-1-4-14(11-13)25-19(27)26-20(24)9-7-15(8-10-20)28-12-16-17(22)5-2-6-18(16)23/h1-6,11,15H,7-10,12,24H2,(H2,25,26,27). The molecule has 5 nitrogen and oxygen atoms in total. The molecular formula is C20H22ClF2N3O2. The van der Waals surface area contributed by atoms with Gasteiger partial charge >= 0.3 is 6.03 Å². The second-order valence-corrected chi connectivity index (χ2v) is 7.39. The number of hydrogen-bond acceptors (Lipinski definition) is 3. The average molecular weight is 410 g/mol. The number of nitrogens with one attached hydrogen (secondary N) is 2. The Balaban J connectivity index is 1.47. The Bertz CT molecular complexity index is 822. The number of benzene rings is 2. The highest BCUT2D eigenvalue weighted by atomic mass is 35.5. The molecule has 2 amide bonds. The van der Waals surface area contributed by atoms with Crippen molar-refractivity contribution in [3.8, 4) is 0 Å². The lowest BCUT2D eigenvalue weighted by Gasteiger charge is -2.37. The van der Waals surface area contributed by atoms with E-state index in [0.29, 0.717) is 36.4 Å². The van der Waals surface area contributed by atoms with Gasteiger partial charge in [0.25, 0.3) is 0 Å². The van der Waals surface area contributed by atoms with Crippen LogP contribution in [0.5, 0.6) is 0 Å². The van der Waals surface area contributed by atoms with Gasteiger partial charge in [-0.25, -0.2) is 13.6 Å². The van der Waals surface area contributed by atoms with Gasteiger partial charge in [-0.05, 0) is 56.0 Å². The molecule has 0 saturated heterocycles. The van der Waals surface area contributed by atoms with Gasteiger partial charge < -0.3 is 21.1 Å². The Labute approximate surface area is 167 Å². The maximum Gasteiger partial charge on any atom is 0.320 e. The summed E-state index contributed by atoms with van der Waals surface area (Å²) in [6.45, 7) is -0.135. The molecule has 2 aromatic carbocycles. The minimum absolute atomic E-state index is 0.0777. The van der Waals surface area contributed by atoms with Crippen molar-refractivity contribution in [2.75, 3.05) is 5.32 Å². The Morgan fingerprint density at radius 3 is 2.46 bits per heavy atom. The minimum atomic E-state index is -0.869. The molecule has 150 valence electrons. The van der Waals surface area contributed by atoms with E-state index in [4.69, 9.17) is 22.1 Å². The highest BCUT2D eigenvalue weighted by molar-refractivity contribution is 6.30. The van der Waals surface area contributed by atoms with Gasteiger partial charge in [0, 0.05) is 16.3 Å². The normalized spacial score (nSPS) is 21.9. The zero-order chi connectivity index (χ0) is 20.1. The number of rotatable bonds is 5. The summed E-state index contributed by atoms with van der Waals surface area (Å²) in [6.07, 6.45) is 1.95. The first kappa shape index (κ1) is 20.5. The van der Waals surface area contributed by atoms with Crippen LogP contribution in [0.1, 0.15) is 31.2 Å². The molecule has 1 fully saturated rings. The first-order valence-electron chi connectivity index (χ1n) is 9.03. The van der Waals surface area contributed by atoms with Crippen molar-refractivity contribution >= 4 is 23.3 Å². The first-order chi connectivity index (χ1) is 13.3. The number of halogens is 3. The number of urea groups is 1. The van der Waals surface area contributed by atoms with Gasteiger partial charge in [0.2, 0.25) is 0 Å².